The molecule has 0 radical (unpaired) electrons. The Morgan fingerprint density at radius 3 is 2.26 bits per heavy atom. The summed E-state index contributed by atoms with van der Waals surface area (Å²) in [7, 11) is 0. The zero-order valence-electron chi connectivity index (χ0n) is 27.2. The van der Waals surface area contributed by atoms with Crippen LogP contribution in [0.3, 0.4) is 0 Å². The average Bonchev–Trinajstić information content (AvgIpc) is 3.16. The van der Waals surface area contributed by atoms with E-state index in [1.54, 1.807) is 0 Å². The van der Waals surface area contributed by atoms with Crippen LogP contribution in [0.2, 0.25) is 0 Å². The molecule has 4 rings (SSSR count). The van der Waals surface area contributed by atoms with Gasteiger partial charge in [0.25, 0.3) is 0 Å². The van der Waals surface area contributed by atoms with E-state index in [4.69, 9.17) is 10.00 Å². The van der Waals surface area contributed by atoms with Crippen LogP contribution < -0.4 is 0 Å². The molecule has 4 fully saturated rings. The molecule has 0 spiro atoms. The van der Waals surface area contributed by atoms with Crippen LogP contribution in [-0.2, 0) is 14.3 Å². The Balaban J connectivity index is 0.000000892. The lowest BCUT2D eigenvalue weighted by atomic mass is 9.36. The van der Waals surface area contributed by atoms with Crippen molar-refractivity contribution in [1.82, 2.24) is 0 Å². The first-order chi connectivity index (χ1) is 19.6. The number of rotatable bonds is 6. The fourth-order valence-corrected chi connectivity index (χ4v) is 9.90. The number of nitrogens with zero attached hydrogens (tertiary/aromatic N) is 1. The normalized spacial score (nSPS) is 41.5. The number of hydrogen-bond donors (Lipinski definition) is 3. The molecule has 0 unspecified atom stereocenters. The van der Waals surface area contributed by atoms with Gasteiger partial charge in [0, 0.05) is 18.9 Å². The van der Waals surface area contributed by atoms with Crippen molar-refractivity contribution in [2.75, 3.05) is 0 Å². The highest BCUT2D eigenvalue weighted by molar-refractivity contribution is 5.88. The number of esters is 1. The van der Waals surface area contributed by atoms with Crippen molar-refractivity contribution >= 4 is 11.9 Å². The number of hydrogen-bond acceptors (Lipinski definition) is 6. The van der Waals surface area contributed by atoms with E-state index in [0.717, 1.165) is 43.3 Å². The first-order valence-electron chi connectivity index (χ1n) is 16.1. The number of carboxylic acids is 1. The van der Waals surface area contributed by atoms with Gasteiger partial charge in [0.05, 0.1) is 18.3 Å². The van der Waals surface area contributed by atoms with Crippen molar-refractivity contribution in [2.24, 2.45) is 39.9 Å². The number of nitriles is 1. The molecule has 4 aliphatic rings. The molecule has 0 aromatic heterocycles. The fraction of sp³-hybridized carbons (Fsp3) is 0.800. The van der Waals surface area contributed by atoms with Crippen LogP contribution in [0.15, 0.2) is 22.8 Å². The quantitative estimate of drug-likeness (QED) is 0.174. The second-order valence-electron chi connectivity index (χ2n) is 14.6. The number of aliphatic carboxylic acids is 1. The highest BCUT2D eigenvalue weighted by Gasteiger charge is 2.70. The van der Waals surface area contributed by atoms with E-state index >= 15 is 0 Å². The van der Waals surface area contributed by atoms with E-state index in [1.807, 2.05) is 32.9 Å². The lowest BCUT2D eigenvalue weighted by Gasteiger charge is -2.69. The highest BCUT2D eigenvalue weighted by atomic mass is 16.5. The number of unbranched alkanes of at least 4 members (excludes halogenated alkanes) is 1. The van der Waals surface area contributed by atoms with Crippen LogP contribution in [0.25, 0.3) is 0 Å². The Hall–Kier alpha value is -2.17. The number of ether oxygens (including phenoxy) is 1. The first kappa shape index (κ1) is 34.3. The molecule has 0 aliphatic heterocycles. The molecule has 7 heteroatoms. The van der Waals surface area contributed by atoms with Crippen LogP contribution in [0.4, 0.5) is 0 Å². The summed E-state index contributed by atoms with van der Waals surface area (Å²) < 4.78 is 5.87. The Morgan fingerprint density at radius 2 is 1.74 bits per heavy atom. The van der Waals surface area contributed by atoms with Gasteiger partial charge >= 0.3 is 11.9 Å². The third kappa shape index (κ3) is 6.09. The van der Waals surface area contributed by atoms with Crippen LogP contribution in [0.1, 0.15) is 120 Å². The monoisotopic (exact) mass is 585 g/mol. The Kier molecular flexibility index (Phi) is 10.8. The fourth-order valence-electron chi connectivity index (χ4n) is 9.90. The van der Waals surface area contributed by atoms with Gasteiger partial charge < -0.3 is 20.1 Å². The topological polar surface area (TPSA) is 128 Å². The molecular weight excluding hydrogens is 530 g/mol. The molecular formula is C35H55NO6. The molecule has 10 atom stereocenters. The van der Waals surface area contributed by atoms with Crippen molar-refractivity contribution in [1.29, 1.82) is 5.26 Å². The van der Waals surface area contributed by atoms with E-state index in [9.17, 15) is 24.9 Å². The highest BCUT2D eigenvalue weighted by Crippen LogP contribution is 2.74. The molecule has 4 aliphatic carbocycles. The summed E-state index contributed by atoms with van der Waals surface area (Å²) in [6, 6.07) is 2.02. The maximum absolute atomic E-state index is 12.6. The molecule has 4 saturated carbocycles. The summed E-state index contributed by atoms with van der Waals surface area (Å²) in [5.74, 6) is -0.909. The SMILES string of the molecule is CC(=O)O[C@H]1C[C@@]2(C)[C@@H](C[C@@H](O)[C@H]3[C@@]4(C)CC[C@@H](O)[C@@H](C)[C@@H]4CC[C@@]32C)/C1=C(\CCC=C(C)C)C(=O)O.CCCC#N. The van der Waals surface area contributed by atoms with Gasteiger partial charge in [-0.2, -0.15) is 5.26 Å². The molecule has 7 nitrogen and oxygen atoms in total. The standard InChI is InChI=1S/C31H48O6.C4H7N/c1-17(2)9-8-10-20(28(35)36)26-22-15-24(34)27-29(5)13-12-23(33)18(3)21(29)11-14-30(27,6)31(22,7)16-25(26)37-19(4)32;1-2-3-4-5/h9,18,21-25,27,33-34H,8,10-16H2,1-7H3,(H,35,36);2-3H2,1H3/b26-20-;/t18-,21-,22-,23+,24+,25-,27-,29-,30-,31-;/m0./s1. The summed E-state index contributed by atoms with van der Waals surface area (Å²) in [6.07, 6.45) is 7.90. The van der Waals surface area contributed by atoms with Crippen molar-refractivity contribution in [3.8, 4) is 6.07 Å². The lowest BCUT2D eigenvalue weighted by Crippen LogP contribution is -2.65. The summed E-state index contributed by atoms with van der Waals surface area (Å²) in [5.41, 5.74) is 1.57. The van der Waals surface area contributed by atoms with Crippen molar-refractivity contribution in [3.63, 3.8) is 0 Å². The summed E-state index contributed by atoms with van der Waals surface area (Å²) >= 11 is 0. The minimum absolute atomic E-state index is 0.0474. The van der Waals surface area contributed by atoms with Gasteiger partial charge in [-0.15, -0.1) is 0 Å². The first-order valence-corrected chi connectivity index (χ1v) is 16.1. The summed E-state index contributed by atoms with van der Waals surface area (Å²) in [6.45, 7) is 16.4. The van der Waals surface area contributed by atoms with Gasteiger partial charge in [-0.3, -0.25) is 4.79 Å². The molecule has 0 saturated heterocycles. The zero-order valence-corrected chi connectivity index (χ0v) is 27.2. The van der Waals surface area contributed by atoms with E-state index in [0.29, 0.717) is 43.6 Å². The Labute approximate surface area is 253 Å². The number of carbonyl (C=O) groups excluding carboxylic acids is 1. The molecule has 0 bridgehead atoms. The van der Waals surface area contributed by atoms with E-state index in [1.165, 1.54) is 6.92 Å². The molecule has 0 aromatic rings. The van der Waals surface area contributed by atoms with E-state index in [-0.39, 0.29) is 40.1 Å². The number of allylic oxidation sites excluding steroid dienone is 2. The predicted molar refractivity (Wildman–Crippen MR) is 163 cm³/mol. The largest absolute Gasteiger partial charge is 0.478 e. The van der Waals surface area contributed by atoms with Crippen LogP contribution in [0, 0.1) is 51.2 Å². The zero-order chi connectivity index (χ0) is 31.6. The Bertz CT molecular complexity index is 1120. The number of aliphatic hydroxyl groups is 2. The minimum atomic E-state index is -0.953. The van der Waals surface area contributed by atoms with Gasteiger partial charge in [-0.25, -0.2) is 4.79 Å². The number of carboxylic acid groups (broad SMARTS) is 1. The predicted octanol–water partition coefficient (Wildman–Crippen LogP) is 6.98. The third-order valence-corrected chi connectivity index (χ3v) is 11.9. The van der Waals surface area contributed by atoms with Gasteiger partial charge in [0.2, 0.25) is 0 Å². The molecule has 0 aromatic carbocycles. The van der Waals surface area contributed by atoms with Gasteiger partial charge in [0.15, 0.2) is 0 Å². The van der Waals surface area contributed by atoms with Gasteiger partial charge in [0.1, 0.15) is 6.10 Å². The number of aliphatic hydroxyl groups excluding tert-OH is 2. The average molecular weight is 586 g/mol. The van der Waals surface area contributed by atoms with Crippen molar-refractivity contribution in [2.45, 2.75) is 138 Å². The van der Waals surface area contributed by atoms with Crippen molar-refractivity contribution < 1.29 is 29.6 Å². The van der Waals surface area contributed by atoms with E-state index in [2.05, 4.69) is 27.7 Å². The smallest absolute Gasteiger partial charge is 0.331 e. The third-order valence-electron chi connectivity index (χ3n) is 11.9. The van der Waals surface area contributed by atoms with Gasteiger partial charge in [-0.05, 0) is 117 Å². The molecule has 236 valence electrons. The Morgan fingerprint density at radius 1 is 1.07 bits per heavy atom. The summed E-state index contributed by atoms with van der Waals surface area (Å²) in [4.78, 5) is 24.8. The van der Waals surface area contributed by atoms with Crippen LogP contribution >= 0.6 is 0 Å². The number of fused-ring (bicyclic) bond motifs is 5. The number of carbonyl (C=O) groups is 2. The van der Waals surface area contributed by atoms with Crippen LogP contribution in [-0.4, -0.2) is 45.6 Å². The van der Waals surface area contributed by atoms with Crippen LogP contribution in [0.5, 0.6) is 0 Å². The molecule has 0 amide bonds. The molecule has 42 heavy (non-hydrogen) atoms. The maximum atomic E-state index is 12.6. The van der Waals surface area contributed by atoms with E-state index < -0.39 is 24.1 Å². The maximum Gasteiger partial charge on any atom is 0.331 e. The second kappa shape index (κ2) is 13.2. The summed E-state index contributed by atoms with van der Waals surface area (Å²) in [5, 5.41) is 40.7. The second-order valence-corrected chi connectivity index (χ2v) is 14.6. The molecule has 0 heterocycles. The van der Waals surface area contributed by atoms with Gasteiger partial charge in [-0.1, -0.05) is 46.3 Å². The molecule has 3 N–H and O–H groups in total. The minimum Gasteiger partial charge on any atom is -0.478 e. The van der Waals surface area contributed by atoms with Crippen molar-refractivity contribution in [3.05, 3.63) is 22.8 Å². The lowest BCUT2D eigenvalue weighted by molar-refractivity contribution is -0.234.